The van der Waals surface area contributed by atoms with Crippen molar-refractivity contribution in [2.45, 2.75) is 0 Å². The van der Waals surface area contributed by atoms with Gasteiger partial charge in [-0.25, -0.2) is 0 Å². The summed E-state index contributed by atoms with van der Waals surface area (Å²) >= 11 is 8.97. The van der Waals surface area contributed by atoms with Crippen LogP contribution in [-0.4, -0.2) is 5.21 Å². The molecule has 0 aromatic heterocycles. The van der Waals surface area contributed by atoms with Crippen molar-refractivity contribution < 1.29 is 0 Å². The number of alkyl halides is 1. The van der Waals surface area contributed by atoms with Gasteiger partial charge in [0.1, 0.15) is 0 Å². The number of rotatable bonds is 0. The summed E-state index contributed by atoms with van der Waals surface area (Å²) in [6, 6.07) is 0. The van der Waals surface area contributed by atoms with Crippen molar-refractivity contribution in [1.82, 2.24) is 6.15 Å². The van der Waals surface area contributed by atoms with Crippen LogP contribution in [0.4, 0.5) is 0 Å². The van der Waals surface area contributed by atoms with Gasteiger partial charge >= 0.3 is 0 Å². The molecule has 0 aliphatic rings. The average molecular weight is 95.6 g/mol. The molecule has 0 bridgehead atoms. The van der Waals surface area contributed by atoms with Crippen LogP contribution in [0.5, 0.6) is 0 Å². The van der Waals surface area contributed by atoms with Gasteiger partial charge in [0, 0.05) is 6.15 Å². The van der Waals surface area contributed by atoms with E-state index in [1.807, 2.05) is 0 Å². The van der Waals surface area contributed by atoms with E-state index in [1.165, 1.54) is 0 Å². The van der Waals surface area contributed by atoms with Gasteiger partial charge in [0.05, 0.1) is 5.21 Å². The summed E-state index contributed by atoms with van der Waals surface area (Å²) in [6.07, 6.45) is 0. The van der Waals surface area contributed by atoms with E-state index in [0.29, 0.717) is 5.21 Å². The molecule has 0 heterocycles. The summed E-state index contributed by atoms with van der Waals surface area (Å²) in [5, 5.41) is 0.306. The standard InChI is InChI=1S/CH2ClS.N/c2-1-3;/h1H2;. The van der Waals surface area contributed by atoms with E-state index >= 15 is 0 Å². The van der Waals surface area contributed by atoms with Crippen molar-refractivity contribution in [2.24, 2.45) is 0 Å². The van der Waals surface area contributed by atoms with Crippen LogP contribution in [0.25, 0.3) is 0 Å². The molecule has 4 radical (unpaired) electrons. The summed E-state index contributed by atoms with van der Waals surface area (Å²) in [5.74, 6) is 0. The molecule has 0 aliphatic carbocycles. The van der Waals surface area contributed by atoms with Crippen LogP contribution in [0.3, 0.4) is 0 Å². The van der Waals surface area contributed by atoms with Gasteiger partial charge in [-0.3, -0.25) is 0 Å². The van der Waals surface area contributed by atoms with Gasteiger partial charge < -0.3 is 0 Å². The molecule has 0 aromatic carbocycles. The van der Waals surface area contributed by atoms with Crippen LogP contribution in [0, 0.1) is 0 Å². The Morgan fingerprint density at radius 1 is 1.75 bits per heavy atom. The highest BCUT2D eigenvalue weighted by atomic mass is 35.5. The highest BCUT2D eigenvalue weighted by molar-refractivity contribution is 7.81. The Bertz CT molecular complexity index is 8.00. The lowest BCUT2D eigenvalue weighted by Crippen LogP contribution is -1.25. The highest BCUT2D eigenvalue weighted by Crippen LogP contribution is 1.71. The summed E-state index contributed by atoms with van der Waals surface area (Å²) in [4.78, 5) is 0. The zero-order chi connectivity index (χ0) is 2.71. The molecule has 0 atom stereocenters. The maximum atomic E-state index is 4.81. The van der Waals surface area contributed by atoms with Gasteiger partial charge in [-0.1, -0.05) is 12.6 Å². The molecular formula is CH2ClNS. The molecule has 0 saturated heterocycles. The van der Waals surface area contributed by atoms with Crippen molar-refractivity contribution >= 4 is 24.2 Å². The molecule has 1 nitrogen and oxygen atoms in total. The second-order valence-electron chi connectivity index (χ2n) is 0.109. The molecule has 0 saturated carbocycles. The quantitative estimate of drug-likeness (QED) is 0.400. The Kier molecular flexibility index (Phi) is 21.0. The van der Waals surface area contributed by atoms with E-state index in [4.69, 9.17) is 11.6 Å². The second-order valence-corrected chi connectivity index (χ2v) is 0.982. The Morgan fingerprint density at radius 3 is 1.75 bits per heavy atom. The number of halogens is 1. The fourth-order valence-electron chi connectivity index (χ4n) is 0. The molecule has 0 unspecified atom stereocenters. The molecule has 24 valence electrons. The largest absolute Gasteiger partial charge is 0.114 e. The van der Waals surface area contributed by atoms with Gasteiger partial charge in [0.15, 0.2) is 0 Å². The molecule has 0 N–H and O–H groups in total. The SMILES string of the molecule is [N].[S]CCl. The first-order chi connectivity index (χ1) is 1.41. The number of nitrogens with zero attached hydrogens (tertiary/aromatic N) is 1. The first-order valence-electron chi connectivity index (χ1n) is 0.556. The lowest BCUT2D eigenvalue weighted by atomic mass is 11.9. The monoisotopic (exact) mass is 95.0 g/mol. The molecule has 0 amide bonds. The highest BCUT2D eigenvalue weighted by Gasteiger charge is 1.41. The van der Waals surface area contributed by atoms with Gasteiger partial charge in [-0.15, -0.1) is 11.6 Å². The summed E-state index contributed by atoms with van der Waals surface area (Å²) in [5.41, 5.74) is 0. The van der Waals surface area contributed by atoms with Crippen LogP contribution in [0.1, 0.15) is 0 Å². The lowest BCUT2D eigenvalue weighted by molar-refractivity contribution is 2.13. The summed E-state index contributed by atoms with van der Waals surface area (Å²) in [7, 11) is 0. The van der Waals surface area contributed by atoms with E-state index < -0.39 is 0 Å². The van der Waals surface area contributed by atoms with Crippen molar-refractivity contribution in [1.29, 1.82) is 0 Å². The molecule has 3 heteroatoms. The smallest absolute Gasteiger partial charge is 0.0784 e. The van der Waals surface area contributed by atoms with Crippen molar-refractivity contribution in [3.63, 3.8) is 0 Å². The van der Waals surface area contributed by atoms with E-state index in [2.05, 4.69) is 12.6 Å². The molecule has 0 aromatic rings. The van der Waals surface area contributed by atoms with E-state index in [9.17, 15) is 0 Å². The van der Waals surface area contributed by atoms with Gasteiger partial charge in [-0.05, 0) is 0 Å². The van der Waals surface area contributed by atoms with Crippen LogP contribution < -0.4 is 6.15 Å². The fraction of sp³-hybridized carbons (Fsp3) is 1.00. The minimum Gasteiger partial charge on any atom is -0.114 e. The fourth-order valence-corrected chi connectivity index (χ4v) is 0. The van der Waals surface area contributed by atoms with Crippen molar-refractivity contribution in [3.8, 4) is 0 Å². The number of hydrogen-bond acceptors (Lipinski definition) is 0. The first-order valence-corrected chi connectivity index (χ1v) is 1.67. The van der Waals surface area contributed by atoms with E-state index in [1.54, 1.807) is 0 Å². The maximum Gasteiger partial charge on any atom is 0.0784 e. The molecule has 0 fully saturated rings. The maximum absolute atomic E-state index is 4.81. The van der Waals surface area contributed by atoms with Gasteiger partial charge in [-0.2, -0.15) is 0 Å². The third-order valence-electron chi connectivity index (χ3n) is 0. The van der Waals surface area contributed by atoms with E-state index in [0.717, 1.165) is 0 Å². The van der Waals surface area contributed by atoms with Gasteiger partial charge in [0.25, 0.3) is 0 Å². The van der Waals surface area contributed by atoms with Crippen molar-refractivity contribution in [3.05, 3.63) is 0 Å². The number of hydrogen-bond donors (Lipinski definition) is 0. The molecule has 4 heavy (non-hydrogen) atoms. The Labute approximate surface area is 36.3 Å². The van der Waals surface area contributed by atoms with Crippen LogP contribution in [-0.2, 0) is 0 Å². The Morgan fingerprint density at radius 2 is 1.75 bits per heavy atom. The summed E-state index contributed by atoms with van der Waals surface area (Å²) in [6.45, 7) is 0. The van der Waals surface area contributed by atoms with Crippen LogP contribution >= 0.6 is 24.2 Å². The Hall–Kier alpha value is 0.600. The van der Waals surface area contributed by atoms with E-state index in [-0.39, 0.29) is 6.15 Å². The van der Waals surface area contributed by atoms with Crippen LogP contribution in [0.15, 0.2) is 0 Å². The van der Waals surface area contributed by atoms with Gasteiger partial charge in [0.2, 0.25) is 0 Å². The third-order valence-corrected chi connectivity index (χ3v) is 0. The minimum absolute atomic E-state index is 0. The minimum atomic E-state index is 0. The molecule has 0 spiro atoms. The topological polar surface area (TPSA) is 30.5 Å². The third kappa shape index (κ3) is 18.5. The normalized spacial score (nSPS) is 4.50. The predicted molar refractivity (Wildman–Crippen MR) is 20.4 cm³/mol. The average Bonchev–Trinajstić information content (AvgIpc) is 0.918. The Balaban J connectivity index is 0. The first kappa shape index (κ1) is 8.82. The second kappa shape index (κ2) is 9.51. The van der Waals surface area contributed by atoms with Crippen molar-refractivity contribution in [2.75, 3.05) is 5.21 Å². The zero-order valence-corrected chi connectivity index (χ0v) is 3.51. The molecular weight excluding hydrogens is 93.5 g/mol. The van der Waals surface area contributed by atoms with Crippen LogP contribution in [0.2, 0.25) is 0 Å². The lowest BCUT2D eigenvalue weighted by Gasteiger charge is -1.42. The zero-order valence-electron chi connectivity index (χ0n) is 1.94. The molecule has 0 aliphatic heterocycles. The predicted octanol–water partition coefficient (Wildman–Crippen LogP) is 0.900. The molecule has 0 rings (SSSR count). The summed E-state index contributed by atoms with van der Waals surface area (Å²) < 4.78 is 0.